The normalized spacial score (nSPS) is 15.6. The van der Waals surface area contributed by atoms with Crippen LogP contribution in [0.4, 0.5) is 28.0 Å². The number of carbonyl (C=O) groups is 1. The Morgan fingerprint density at radius 1 is 1.26 bits per heavy atom. The molecule has 3 aromatic rings. The summed E-state index contributed by atoms with van der Waals surface area (Å²) in [6.07, 6.45) is -3.54. The van der Waals surface area contributed by atoms with Crippen LogP contribution in [0.25, 0.3) is 10.9 Å². The molecule has 0 radical (unpaired) electrons. The highest BCUT2D eigenvalue weighted by Crippen LogP contribution is 2.37. The highest BCUT2D eigenvalue weighted by atomic mass is 19.4. The molecular weight excluding hydrogens is 414 g/mol. The van der Waals surface area contributed by atoms with Gasteiger partial charge in [0.1, 0.15) is 11.5 Å². The summed E-state index contributed by atoms with van der Waals surface area (Å²) in [6.45, 7) is 2.38. The van der Waals surface area contributed by atoms with Gasteiger partial charge in [0.25, 0.3) is 0 Å². The molecule has 4 rings (SSSR count). The van der Waals surface area contributed by atoms with Crippen LogP contribution >= 0.6 is 0 Å². The van der Waals surface area contributed by atoms with Crippen LogP contribution in [0, 0.1) is 12.7 Å². The number of benzene rings is 1. The predicted octanol–water partition coefficient (Wildman–Crippen LogP) is 3.84. The number of fused-ring (bicyclic) bond motifs is 1. The van der Waals surface area contributed by atoms with Gasteiger partial charge in [-0.3, -0.25) is 4.98 Å². The number of amides is 2. The van der Waals surface area contributed by atoms with E-state index in [0.717, 1.165) is 17.8 Å². The predicted molar refractivity (Wildman–Crippen MR) is 107 cm³/mol. The summed E-state index contributed by atoms with van der Waals surface area (Å²) < 4.78 is 53.5. The molecule has 31 heavy (non-hydrogen) atoms. The first-order chi connectivity index (χ1) is 14.6. The molecule has 0 bridgehead atoms. The monoisotopic (exact) mass is 433 g/mol. The van der Waals surface area contributed by atoms with E-state index < -0.39 is 29.1 Å². The van der Waals surface area contributed by atoms with Crippen LogP contribution in [0.1, 0.15) is 17.0 Å². The van der Waals surface area contributed by atoms with Gasteiger partial charge >= 0.3 is 12.2 Å². The van der Waals surface area contributed by atoms with Crippen molar-refractivity contribution in [3.8, 4) is 0 Å². The fourth-order valence-electron chi connectivity index (χ4n) is 3.91. The zero-order chi connectivity index (χ0) is 22.4. The van der Waals surface area contributed by atoms with Gasteiger partial charge in [-0.1, -0.05) is 12.1 Å². The average molecular weight is 433 g/mol. The minimum atomic E-state index is -4.61. The standard InChI is InChI=1S/C21H19F4N5O/c1-12-3-2-4-14-18(12)15(7-17(29-14)21(23,24)25)28-9-20(10-30(11-20)19(26)31)16-6-5-13(22)8-27-16/h2-8H,9-11H2,1H3,(H2,26,31)(H,28,29). The van der Waals surface area contributed by atoms with Crippen LogP contribution < -0.4 is 11.1 Å². The molecule has 162 valence electrons. The van der Waals surface area contributed by atoms with Crippen molar-refractivity contribution in [1.29, 1.82) is 0 Å². The Hall–Kier alpha value is -3.43. The molecule has 2 amide bonds. The number of rotatable bonds is 4. The molecule has 0 unspecified atom stereocenters. The van der Waals surface area contributed by atoms with Gasteiger partial charge in [-0.05, 0) is 36.8 Å². The molecule has 1 aliphatic rings. The number of likely N-dealkylation sites (tertiary alicyclic amines) is 1. The summed E-state index contributed by atoms with van der Waals surface area (Å²) in [5.74, 6) is -0.511. The maximum Gasteiger partial charge on any atom is 0.433 e. The second-order valence-corrected chi connectivity index (χ2v) is 7.71. The van der Waals surface area contributed by atoms with E-state index in [0.29, 0.717) is 11.1 Å². The highest BCUT2D eigenvalue weighted by Gasteiger charge is 2.47. The number of halogens is 4. The van der Waals surface area contributed by atoms with Crippen LogP contribution in [-0.2, 0) is 11.6 Å². The number of aromatic nitrogens is 2. The number of aryl methyl sites for hydroxylation is 1. The average Bonchev–Trinajstić information content (AvgIpc) is 2.67. The van der Waals surface area contributed by atoms with Crippen LogP contribution in [-0.4, -0.2) is 40.5 Å². The van der Waals surface area contributed by atoms with Crippen molar-refractivity contribution in [1.82, 2.24) is 14.9 Å². The number of primary amides is 1. The van der Waals surface area contributed by atoms with E-state index in [-0.39, 0.29) is 30.8 Å². The third-order valence-electron chi connectivity index (χ3n) is 5.52. The fourth-order valence-corrected chi connectivity index (χ4v) is 3.91. The number of urea groups is 1. The second kappa shape index (κ2) is 7.36. The zero-order valence-corrected chi connectivity index (χ0v) is 16.5. The molecule has 1 saturated heterocycles. The maximum atomic E-state index is 13.4. The highest BCUT2D eigenvalue weighted by molar-refractivity contribution is 5.94. The van der Waals surface area contributed by atoms with E-state index in [4.69, 9.17) is 5.73 Å². The van der Waals surface area contributed by atoms with E-state index in [1.165, 1.54) is 23.1 Å². The van der Waals surface area contributed by atoms with Crippen LogP contribution in [0.2, 0.25) is 0 Å². The molecule has 0 saturated carbocycles. The van der Waals surface area contributed by atoms with Crippen LogP contribution in [0.3, 0.4) is 0 Å². The van der Waals surface area contributed by atoms with Crippen LogP contribution in [0.5, 0.6) is 0 Å². The molecule has 0 aliphatic carbocycles. The Morgan fingerprint density at radius 2 is 2.00 bits per heavy atom. The fraction of sp³-hybridized carbons (Fsp3) is 0.286. The van der Waals surface area contributed by atoms with Gasteiger partial charge < -0.3 is 16.0 Å². The number of nitrogens with zero attached hydrogens (tertiary/aromatic N) is 3. The van der Waals surface area contributed by atoms with Crippen LogP contribution in [0.15, 0.2) is 42.6 Å². The number of nitrogens with two attached hydrogens (primary N) is 1. The summed E-state index contributed by atoms with van der Waals surface area (Å²) >= 11 is 0. The van der Waals surface area contributed by atoms with Crippen molar-refractivity contribution in [3.63, 3.8) is 0 Å². The molecule has 1 aliphatic heterocycles. The minimum absolute atomic E-state index is 0.167. The van der Waals surface area contributed by atoms with E-state index in [1.54, 1.807) is 19.1 Å². The number of carbonyl (C=O) groups excluding carboxylic acids is 1. The first-order valence-corrected chi connectivity index (χ1v) is 9.47. The lowest BCUT2D eigenvalue weighted by molar-refractivity contribution is -0.140. The lowest BCUT2D eigenvalue weighted by atomic mass is 9.76. The molecule has 1 fully saturated rings. The zero-order valence-electron chi connectivity index (χ0n) is 16.5. The quantitative estimate of drug-likeness (QED) is 0.613. The molecule has 10 heteroatoms. The smallest absolute Gasteiger partial charge is 0.383 e. The molecule has 2 aromatic heterocycles. The molecule has 0 spiro atoms. The van der Waals surface area contributed by atoms with Gasteiger partial charge in [-0.2, -0.15) is 13.2 Å². The lowest BCUT2D eigenvalue weighted by Crippen LogP contribution is -2.65. The summed E-state index contributed by atoms with van der Waals surface area (Å²) in [6, 6.07) is 8.09. The molecule has 0 atom stereocenters. The van der Waals surface area contributed by atoms with Gasteiger partial charge in [0, 0.05) is 30.7 Å². The Kier molecular flexibility index (Phi) is 4.95. The van der Waals surface area contributed by atoms with E-state index in [9.17, 15) is 22.4 Å². The maximum absolute atomic E-state index is 13.4. The van der Waals surface area contributed by atoms with E-state index in [2.05, 4.69) is 15.3 Å². The topological polar surface area (TPSA) is 84.1 Å². The van der Waals surface area contributed by atoms with Crippen molar-refractivity contribution in [2.45, 2.75) is 18.5 Å². The number of pyridine rings is 2. The summed E-state index contributed by atoms with van der Waals surface area (Å²) in [7, 11) is 0. The van der Waals surface area contributed by atoms with Crippen molar-refractivity contribution in [2.75, 3.05) is 25.0 Å². The summed E-state index contributed by atoms with van der Waals surface area (Å²) in [5, 5.41) is 3.68. The van der Waals surface area contributed by atoms with Crippen molar-refractivity contribution < 1.29 is 22.4 Å². The van der Waals surface area contributed by atoms with Crippen molar-refractivity contribution >= 4 is 22.6 Å². The third kappa shape index (κ3) is 3.85. The third-order valence-corrected chi connectivity index (χ3v) is 5.52. The molecule has 3 heterocycles. The molecule has 6 nitrogen and oxygen atoms in total. The largest absolute Gasteiger partial charge is 0.433 e. The molecular formula is C21H19F4N5O. The number of nitrogens with one attached hydrogen (secondary N) is 1. The Labute approximate surface area is 175 Å². The van der Waals surface area contributed by atoms with E-state index in [1.807, 2.05) is 0 Å². The Morgan fingerprint density at radius 3 is 2.61 bits per heavy atom. The number of anilines is 1. The van der Waals surface area contributed by atoms with E-state index >= 15 is 0 Å². The Bertz CT molecular complexity index is 1140. The number of alkyl halides is 3. The second-order valence-electron chi connectivity index (χ2n) is 7.71. The van der Waals surface area contributed by atoms with Gasteiger partial charge in [0.05, 0.1) is 22.8 Å². The van der Waals surface area contributed by atoms with Gasteiger partial charge in [0.15, 0.2) is 0 Å². The van der Waals surface area contributed by atoms with Crippen molar-refractivity contribution in [3.05, 3.63) is 65.4 Å². The van der Waals surface area contributed by atoms with Gasteiger partial charge in [-0.15, -0.1) is 0 Å². The first-order valence-electron chi connectivity index (χ1n) is 9.47. The van der Waals surface area contributed by atoms with Gasteiger partial charge in [-0.25, -0.2) is 14.2 Å². The SMILES string of the molecule is Cc1cccc2nc(C(F)(F)F)cc(NCC3(c4ccc(F)cn4)CN(C(N)=O)C3)c12. The summed E-state index contributed by atoms with van der Waals surface area (Å²) in [4.78, 5) is 20.8. The van der Waals surface area contributed by atoms with Gasteiger partial charge in [0.2, 0.25) is 0 Å². The lowest BCUT2D eigenvalue weighted by Gasteiger charge is -2.49. The minimum Gasteiger partial charge on any atom is -0.383 e. The van der Waals surface area contributed by atoms with Crippen molar-refractivity contribution in [2.24, 2.45) is 5.73 Å². The Balaban J connectivity index is 1.72. The number of hydrogen-bond donors (Lipinski definition) is 2. The number of hydrogen-bond acceptors (Lipinski definition) is 4. The summed E-state index contributed by atoms with van der Waals surface area (Å²) in [5.41, 5.74) is 5.39. The molecule has 3 N–H and O–H groups in total. The molecule has 1 aromatic carbocycles. The first kappa shape index (κ1) is 20.8.